The molecule has 8 nitrogen and oxygen atoms in total. The summed E-state index contributed by atoms with van der Waals surface area (Å²) in [6.07, 6.45) is 0. The minimum absolute atomic E-state index is 0.109. The van der Waals surface area contributed by atoms with E-state index < -0.39 is 5.91 Å². The van der Waals surface area contributed by atoms with Crippen LogP contribution in [0.15, 0.2) is 65.1 Å². The molecular formula is C23H19FN4O4S. The summed E-state index contributed by atoms with van der Waals surface area (Å²) in [5, 5.41) is 14.0. The van der Waals surface area contributed by atoms with Crippen molar-refractivity contribution >= 4 is 28.8 Å². The Hall–Kier alpha value is -4.05. The van der Waals surface area contributed by atoms with Gasteiger partial charge in [0.05, 0.1) is 6.54 Å². The van der Waals surface area contributed by atoms with Gasteiger partial charge in [-0.3, -0.25) is 9.59 Å². The molecule has 33 heavy (non-hydrogen) atoms. The summed E-state index contributed by atoms with van der Waals surface area (Å²) in [7, 11) is 0. The van der Waals surface area contributed by atoms with Gasteiger partial charge in [-0.2, -0.15) is 0 Å². The van der Waals surface area contributed by atoms with E-state index in [1.165, 1.54) is 24.3 Å². The number of rotatable bonds is 8. The second kappa shape index (κ2) is 10.0. The van der Waals surface area contributed by atoms with E-state index in [1.54, 1.807) is 24.3 Å². The number of amides is 2. The van der Waals surface area contributed by atoms with Gasteiger partial charge in [-0.25, -0.2) is 4.39 Å². The molecule has 2 N–H and O–H groups in total. The first-order valence-corrected chi connectivity index (χ1v) is 10.7. The SMILES string of the molecule is Cc1ccc(CNC(=O)c2ccc(NC(=O)c3nnc(COc4ccc(F)cc4)s3)cc2)o1. The van der Waals surface area contributed by atoms with Crippen molar-refractivity contribution in [1.29, 1.82) is 0 Å². The molecule has 4 rings (SSSR count). The van der Waals surface area contributed by atoms with E-state index in [9.17, 15) is 14.0 Å². The first-order valence-electron chi connectivity index (χ1n) is 9.92. The van der Waals surface area contributed by atoms with E-state index in [4.69, 9.17) is 9.15 Å². The standard InChI is InChI=1S/C23H19FN4O4S/c1-14-2-9-19(32-14)12-25-21(29)15-3-7-17(8-4-15)26-22(30)23-28-27-20(33-23)13-31-18-10-5-16(24)6-11-18/h2-11H,12-13H2,1H3,(H,25,29)(H,26,30). The average Bonchev–Trinajstić information content (AvgIpc) is 3.46. The number of furan rings is 1. The molecule has 2 amide bonds. The minimum atomic E-state index is -0.425. The van der Waals surface area contributed by atoms with E-state index in [-0.39, 0.29) is 29.9 Å². The molecule has 0 fully saturated rings. The van der Waals surface area contributed by atoms with Crippen molar-refractivity contribution in [3.8, 4) is 5.75 Å². The molecule has 0 aliphatic carbocycles. The maximum Gasteiger partial charge on any atom is 0.286 e. The van der Waals surface area contributed by atoms with Crippen LogP contribution in [0, 0.1) is 12.7 Å². The Morgan fingerprint density at radius 3 is 2.45 bits per heavy atom. The fraction of sp³-hybridized carbons (Fsp3) is 0.130. The molecular weight excluding hydrogens is 447 g/mol. The van der Waals surface area contributed by atoms with Crippen LogP contribution in [0.25, 0.3) is 0 Å². The lowest BCUT2D eigenvalue weighted by molar-refractivity contribution is 0.0947. The molecule has 168 valence electrons. The summed E-state index contributed by atoms with van der Waals surface area (Å²) >= 11 is 1.09. The second-order valence-corrected chi connectivity index (χ2v) is 8.03. The first-order chi connectivity index (χ1) is 16.0. The summed E-state index contributed by atoms with van der Waals surface area (Å²) in [6.45, 7) is 2.23. The van der Waals surface area contributed by atoms with Crippen LogP contribution in [0.4, 0.5) is 10.1 Å². The van der Waals surface area contributed by atoms with Crippen LogP contribution in [0.1, 0.15) is 36.7 Å². The number of carbonyl (C=O) groups is 2. The molecule has 0 aliphatic heterocycles. The van der Waals surface area contributed by atoms with Gasteiger partial charge in [0.2, 0.25) is 5.01 Å². The van der Waals surface area contributed by atoms with Crippen molar-refractivity contribution in [2.45, 2.75) is 20.1 Å². The lowest BCUT2D eigenvalue weighted by Crippen LogP contribution is -2.22. The van der Waals surface area contributed by atoms with Crippen molar-refractivity contribution in [3.63, 3.8) is 0 Å². The van der Waals surface area contributed by atoms with Gasteiger partial charge in [0.25, 0.3) is 11.8 Å². The Bertz CT molecular complexity index is 1250. The van der Waals surface area contributed by atoms with Crippen molar-refractivity contribution in [1.82, 2.24) is 15.5 Å². The number of nitrogens with one attached hydrogen (secondary N) is 2. The largest absolute Gasteiger partial charge is 0.486 e. The highest BCUT2D eigenvalue weighted by molar-refractivity contribution is 7.13. The summed E-state index contributed by atoms with van der Waals surface area (Å²) in [6, 6.07) is 15.7. The van der Waals surface area contributed by atoms with Gasteiger partial charge >= 0.3 is 0 Å². The predicted octanol–water partition coefficient (Wildman–Crippen LogP) is 4.34. The van der Waals surface area contributed by atoms with Gasteiger partial charge < -0.3 is 19.8 Å². The summed E-state index contributed by atoms with van der Waals surface area (Å²) in [5.41, 5.74) is 0.963. The molecule has 0 unspecified atom stereocenters. The Balaban J connectivity index is 1.28. The molecule has 4 aromatic rings. The van der Waals surface area contributed by atoms with Crippen LogP contribution in [-0.2, 0) is 13.2 Å². The number of benzene rings is 2. The number of nitrogens with zero attached hydrogens (tertiary/aromatic N) is 2. The lowest BCUT2D eigenvalue weighted by Gasteiger charge is -2.06. The molecule has 10 heteroatoms. The zero-order valence-electron chi connectivity index (χ0n) is 17.5. The first kappa shape index (κ1) is 22.2. The average molecular weight is 466 g/mol. The minimum Gasteiger partial charge on any atom is -0.486 e. The van der Waals surface area contributed by atoms with Gasteiger partial charge in [0, 0.05) is 11.3 Å². The smallest absolute Gasteiger partial charge is 0.286 e. The van der Waals surface area contributed by atoms with Crippen molar-refractivity contribution in [3.05, 3.63) is 93.6 Å². The molecule has 0 saturated carbocycles. The number of ether oxygens (including phenoxy) is 1. The zero-order valence-corrected chi connectivity index (χ0v) is 18.3. The van der Waals surface area contributed by atoms with Gasteiger partial charge in [-0.15, -0.1) is 10.2 Å². The fourth-order valence-corrected chi connectivity index (χ4v) is 3.47. The molecule has 0 saturated heterocycles. The Labute approximate surface area is 192 Å². The quantitative estimate of drug-likeness (QED) is 0.400. The number of hydrogen-bond donors (Lipinski definition) is 2. The predicted molar refractivity (Wildman–Crippen MR) is 120 cm³/mol. The Kier molecular flexibility index (Phi) is 6.75. The second-order valence-electron chi connectivity index (χ2n) is 6.97. The molecule has 2 heterocycles. The van der Waals surface area contributed by atoms with Crippen LogP contribution >= 0.6 is 11.3 Å². The molecule has 2 aromatic heterocycles. The van der Waals surface area contributed by atoms with Crippen LogP contribution in [0.3, 0.4) is 0 Å². The van der Waals surface area contributed by atoms with Gasteiger partial charge in [0.1, 0.15) is 29.7 Å². The Morgan fingerprint density at radius 1 is 1.00 bits per heavy atom. The number of aryl methyl sites for hydroxylation is 1. The van der Waals surface area contributed by atoms with Crippen LogP contribution in [0.5, 0.6) is 5.75 Å². The number of carbonyl (C=O) groups excluding carboxylic acids is 2. The number of aromatic nitrogens is 2. The van der Waals surface area contributed by atoms with Gasteiger partial charge in [-0.05, 0) is 67.6 Å². The highest BCUT2D eigenvalue weighted by Gasteiger charge is 2.14. The molecule has 0 spiro atoms. The third kappa shape index (κ3) is 6.01. The third-order valence-electron chi connectivity index (χ3n) is 4.46. The molecule has 0 radical (unpaired) electrons. The topological polar surface area (TPSA) is 106 Å². The summed E-state index contributed by atoms with van der Waals surface area (Å²) in [4.78, 5) is 24.7. The van der Waals surface area contributed by atoms with Crippen molar-refractivity contribution in [2.75, 3.05) is 5.32 Å². The van der Waals surface area contributed by atoms with Crippen molar-refractivity contribution in [2.24, 2.45) is 0 Å². The van der Waals surface area contributed by atoms with E-state index in [0.29, 0.717) is 27.8 Å². The van der Waals surface area contributed by atoms with Gasteiger partial charge in [-0.1, -0.05) is 11.3 Å². The monoisotopic (exact) mass is 466 g/mol. The number of hydrogen-bond acceptors (Lipinski definition) is 7. The Morgan fingerprint density at radius 2 is 1.76 bits per heavy atom. The summed E-state index contributed by atoms with van der Waals surface area (Å²) < 4.78 is 23.9. The maximum absolute atomic E-state index is 12.9. The van der Waals surface area contributed by atoms with Gasteiger partial charge in [0.15, 0.2) is 5.01 Å². The van der Waals surface area contributed by atoms with Crippen molar-refractivity contribution < 1.29 is 23.1 Å². The lowest BCUT2D eigenvalue weighted by atomic mass is 10.2. The van der Waals surface area contributed by atoms with E-state index >= 15 is 0 Å². The number of anilines is 1. The zero-order chi connectivity index (χ0) is 23.2. The third-order valence-corrected chi connectivity index (χ3v) is 5.36. The van der Waals surface area contributed by atoms with E-state index in [2.05, 4.69) is 20.8 Å². The maximum atomic E-state index is 12.9. The fourth-order valence-electron chi connectivity index (χ4n) is 2.82. The molecule has 0 bridgehead atoms. The molecule has 0 atom stereocenters. The van der Waals surface area contributed by atoms with Crippen LogP contribution in [0.2, 0.25) is 0 Å². The highest BCUT2D eigenvalue weighted by Crippen LogP contribution is 2.17. The molecule has 2 aromatic carbocycles. The van der Waals surface area contributed by atoms with E-state index in [1.807, 2.05) is 19.1 Å². The number of halogens is 1. The van der Waals surface area contributed by atoms with Crippen LogP contribution in [-0.4, -0.2) is 22.0 Å². The molecule has 0 aliphatic rings. The van der Waals surface area contributed by atoms with Crippen LogP contribution < -0.4 is 15.4 Å². The highest BCUT2D eigenvalue weighted by atomic mass is 32.1. The van der Waals surface area contributed by atoms with E-state index in [0.717, 1.165) is 17.1 Å². The summed E-state index contributed by atoms with van der Waals surface area (Å²) in [5.74, 6) is 0.908. The normalized spacial score (nSPS) is 10.6.